The van der Waals surface area contributed by atoms with Gasteiger partial charge in [0.25, 0.3) is 3.91 Å². The molecule has 0 spiro atoms. The monoisotopic (exact) mass is 512 g/mol. The van der Waals surface area contributed by atoms with Gasteiger partial charge in [0.2, 0.25) is 0 Å². The lowest BCUT2D eigenvalue weighted by Crippen LogP contribution is -2.36. The lowest BCUT2D eigenvalue weighted by molar-refractivity contribution is 0.0904. The van der Waals surface area contributed by atoms with E-state index in [4.69, 9.17) is 4.74 Å². The number of amides is 1. The summed E-state index contributed by atoms with van der Waals surface area (Å²) in [6.45, 7) is 10.8. The fourth-order valence-electron chi connectivity index (χ4n) is 3.98. The van der Waals surface area contributed by atoms with Gasteiger partial charge < -0.3 is 9.64 Å². The Hall–Kier alpha value is -0.893. The highest BCUT2D eigenvalue weighted by molar-refractivity contribution is 14.1. The molecule has 1 radical (unpaired) electrons. The van der Waals surface area contributed by atoms with Gasteiger partial charge in [-0.05, 0) is 54.3 Å². The van der Waals surface area contributed by atoms with Crippen LogP contribution in [0.4, 0.5) is 4.79 Å². The van der Waals surface area contributed by atoms with Crippen LogP contribution in [0.1, 0.15) is 56.0 Å². The first-order valence-corrected chi connectivity index (χ1v) is 13.5. The molecule has 1 atom stereocenters. The van der Waals surface area contributed by atoms with Crippen molar-refractivity contribution in [1.82, 2.24) is 4.90 Å². The third-order valence-electron chi connectivity index (χ3n) is 6.40. The summed E-state index contributed by atoms with van der Waals surface area (Å²) in [5, 5.41) is 0.305. The number of halogens is 1. The number of carbonyl (C=O) groups excluding carboxylic acids is 2. The molecule has 1 aliphatic carbocycles. The minimum absolute atomic E-state index is 0.0949. The second-order valence-electron chi connectivity index (χ2n) is 9.32. The number of ketones is 1. The quantitative estimate of drug-likeness (QED) is 0.225. The number of hydrogen-bond donors (Lipinski definition) is 0. The number of benzene rings is 1. The Bertz CT molecular complexity index is 738. The lowest BCUT2D eigenvalue weighted by Gasteiger charge is -2.31. The van der Waals surface area contributed by atoms with Crippen molar-refractivity contribution in [1.29, 1.82) is 0 Å². The van der Waals surface area contributed by atoms with Crippen molar-refractivity contribution in [2.24, 2.45) is 11.8 Å². The summed E-state index contributed by atoms with van der Waals surface area (Å²) < 4.78 is 6.18. The molecule has 1 aliphatic heterocycles. The molecule has 1 amide bonds. The third-order valence-corrected chi connectivity index (χ3v) is 10.2. The highest BCUT2D eigenvalue weighted by Crippen LogP contribution is 2.36. The molecule has 0 aromatic heterocycles. The minimum atomic E-state index is -0.605. The first-order chi connectivity index (χ1) is 13.1. The molecule has 2 aliphatic rings. The maximum atomic E-state index is 13.0. The summed E-state index contributed by atoms with van der Waals surface area (Å²) in [6, 6.07) is 6.07. The van der Waals surface area contributed by atoms with Crippen LogP contribution in [0, 0.1) is 11.8 Å². The highest BCUT2D eigenvalue weighted by atomic mass is 127. The van der Waals surface area contributed by atoms with Crippen LogP contribution in [0.3, 0.4) is 0 Å². The van der Waals surface area contributed by atoms with Crippen molar-refractivity contribution >= 4 is 41.1 Å². The van der Waals surface area contributed by atoms with Crippen LogP contribution < -0.4 is 4.74 Å². The van der Waals surface area contributed by atoms with Gasteiger partial charge in [0.15, 0.2) is 5.78 Å². The second-order valence-corrected chi connectivity index (χ2v) is 13.6. The summed E-state index contributed by atoms with van der Waals surface area (Å²) in [5.74, 6) is 1.75. The number of piperidine rings is 1. The molecule has 3 rings (SSSR count). The van der Waals surface area contributed by atoms with Gasteiger partial charge in [0.05, 0.1) is 15.0 Å². The predicted octanol–water partition coefficient (Wildman–Crippen LogP) is 5.54. The molecule has 1 heterocycles. The van der Waals surface area contributed by atoms with E-state index in [2.05, 4.69) is 33.4 Å². The molecule has 0 bridgehead atoms. The number of carbonyl (C=O) groups is 2. The van der Waals surface area contributed by atoms with E-state index in [1.807, 2.05) is 39.6 Å². The largest absolute Gasteiger partial charge is 0.497 e. The Kier molecular flexibility index (Phi) is 6.90. The Morgan fingerprint density at radius 2 is 1.96 bits per heavy atom. The van der Waals surface area contributed by atoms with E-state index in [0.29, 0.717) is 11.0 Å². The van der Waals surface area contributed by atoms with Crippen LogP contribution >= 0.6 is 22.6 Å². The molecule has 1 saturated heterocycles. The van der Waals surface area contributed by atoms with Crippen LogP contribution in [-0.4, -0.2) is 42.7 Å². The molecular formula is C22H31INO3Si. The molecule has 1 aromatic carbocycles. The molecular weight excluding hydrogens is 481 g/mol. The molecule has 0 saturated carbocycles. The van der Waals surface area contributed by atoms with Gasteiger partial charge in [0.1, 0.15) is 5.75 Å². The van der Waals surface area contributed by atoms with Crippen LogP contribution in [0.25, 0.3) is 0 Å². The first kappa shape index (κ1) is 21.8. The van der Waals surface area contributed by atoms with Gasteiger partial charge in [-0.3, -0.25) is 9.59 Å². The molecule has 4 nitrogen and oxygen atoms in total. The molecule has 153 valence electrons. The summed E-state index contributed by atoms with van der Waals surface area (Å²) >= 11 is 1.86. The SMILES string of the molecule is C[Si](COc1ccc2c(c1)C(=O)C(CC1CCN(C(=O)I)CC1)C2)C(C)(C)C. The van der Waals surface area contributed by atoms with Crippen molar-refractivity contribution in [2.75, 3.05) is 19.3 Å². The molecule has 28 heavy (non-hydrogen) atoms. The standard InChI is InChI=1S/C22H31INO3Si/c1-22(2,3)28(4)14-27-18-6-5-16-12-17(20(25)19(16)13-18)11-15-7-9-24(10-8-15)21(23)26/h5-6,13,15,17H,7-12,14H2,1-4H3. The van der Waals surface area contributed by atoms with E-state index in [9.17, 15) is 9.59 Å². The average molecular weight is 512 g/mol. The smallest absolute Gasteiger partial charge is 0.283 e. The predicted molar refractivity (Wildman–Crippen MR) is 123 cm³/mol. The average Bonchev–Trinajstić information content (AvgIpc) is 2.94. The molecule has 1 fully saturated rings. The number of fused-ring (bicyclic) bond motifs is 1. The summed E-state index contributed by atoms with van der Waals surface area (Å²) in [5.41, 5.74) is 2.03. The fraction of sp³-hybridized carbons (Fsp3) is 0.636. The van der Waals surface area contributed by atoms with E-state index in [-0.39, 0.29) is 15.6 Å². The minimum Gasteiger partial charge on any atom is -0.497 e. The van der Waals surface area contributed by atoms with E-state index >= 15 is 0 Å². The molecule has 6 heteroatoms. The zero-order chi connectivity index (χ0) is 20.5. The zero-order valence-corrected chi connectivity index (χ0v) is 20.5. The molecule has 1 aromatic rings. The number of rotatable bonds is 5. The number of nitrogens with zero attached hydrogens (tertiary/aromatic N) is 1. The van der Waals surface area contributed by atoms with Crippen molar-refractivity contribution in [2.45, 2.75) is 58.0 Å². The van der Waals surface area contributed by atoms with Crippen molar-refractivity contribution in [3.63, 3.8) is 0 Å². The van der Waals surface area contributed by atoms with Crippen LogP contribution in [0.5, 0.6) is 5.75 Å². The van der Waals surface area contributed by atoms with Crippen LogP contribution in [0.15, 0.2) is 18.2 Å². The number of ether oxygens (including phenoxy) is 1. The van der Waals surface area contributed by atoms with Gasteiger partial charge in [-0.1, -0.05) is 33.4 Å². The third kappa shape index (κ3) is 5.17. The summed E-state index contributed by atoms with van der Waals surface area (Å²) in [7, 11) is -0.605. The fourth-order valence-corrected chi connectivity index (χ4v) is 5.27. The van der Waals surface area contributed by atoms with Gasteiger partial charge >= 0.3 is 0 Å². The Morgan fingerprint density at radius 1 is 1.29 bits per heavy atom. The molecule has 1 unspecified atom stereocenters. The lowest BCUT2D eigenvalue weighted by atomic mass is 9.85. The van der Waals surface area contributed by atoms with E-state index in [0.717, 1.165) is 56.3 Å². The van der Waals surface area contributed by atoms with E-state index in [1.54, 1.807) is 0 Å². The molecule has 0 N–H and O–H groups in total. The number of hydrogen-bond acceptors (Lipinski definition) is 3. The number of Topliss-reactive ketones (excluding diaryl/α,β-unsaturated/α-hetero) is 1. The van der Waals surface area contributed by atoms with Gasteiger partial charge in [-0.25, -0.2) is 0 Å². The first-order valence-electron chi connectivity index (χ1n) is 10.2. The summed E-state index contributed by atoms with van der Waals surface area (Å²) in [4.78, 5) is 26.4. The second kappa shape index (κ2) is 8.86. The maximum Gasteiger partial charge on any atom is 0.283 e. The Labute approximate surface area is 184 Å². The van der Waals surface area contributed by atoms with E-state index in [1.165, 1.54) is 5.56 Å². The Balaban J connectivity index is 1.57. The maximum absolute atomic E-state index is 13.0. The van der Waals surface area contributed by atoms with Gasteiger partial charge in [0, 0.05) is 47.2 Å². The van der Waals surface area contributed by atoms with Crippen molar-refractivity contribution in [3.05, 3.63) is 29.3 Å². The van der Waals surface area contributed by atoms with Gasteiger partial charge in [-0.2, -0.15) is 0 Å². The van der Waals surface area contributed by atoms with E-state index < -0.39 is 8.80 Å². The van der Waals surface area contributed by atoms with Crippen LogP contribution in [-0.2, 0) is 6.42 Å². The normalized spacial score (nSPS) is 20.6. The van der Waals surface area contributed by atoms with Crippen molar-refractivity contribution in [3.8, 4) is 5.75 Å². The van der Waals surface area contributed by atoms with Crippen LogP contribution in [0.2, 0.25) is 11.6 Å². The van der Waals surface area contributed by atoms with Crippen molar-refractivity contribution < 1.29 is 14.3 Å². The Morgan fingerprint density at radius 3 is 2.57 bits per heavy atom. The highest BCUT2D eigenvalue weighted by Gasteiger charge is 2.34. The topological polar surface area (TPSA) is 46.6 Å². The summed E-state index contributed by atoms with van der Waals surface area (Å²) in [6.07, 6.45) is 4.58. The zero-order valence-electron chi connectivity index (χ0n) is 17.4. The number of likely N-dealkylation sites (tertiary alicyclic amines) is 1. The van der Waals surface area contributed by atoms with Gasteiger partial charge in [-0.15, -0.1) is 0 Å².